The van der Waals surface area contributed by atoms with Gasteiger partial charge >= 0.3 is 11.9 Å². The van der Waals surface area contributed by atoms with Crippen LogP contribution in [0, 0.1) is 0 Å². The molecule has 0 saturated carbocycles. The summed E-state index contributed by atoms with van der Waals surface area (Å²) in [5, 5.41) is 15.4. The molecule has 0 rings (SSSR count). The van der Waals surface area contributed by atoms with Crippen LogP contribution < -0.4 is 0 Å². The van der Waals surface area contributed by atoms with Gasteiger partial charge in [-0.1, -0.05) is 201 Å². The van der Waals surface area contributed by atoms with Crippen LogP contribution in [-0.2, 0) is 28.7 Å². The topological polar surface area (TPSA) is 127 Å². The molecule has 0 aliphatic carbocycles. The highest BCUT2D eigenvalue weighted by molar-refractivity contribution is 5.88. The van der Waals surface area contributed by atoms with Crippen LogP contribution >= 0.6 is 0 Å². The second-order valence-electron chi connectivity index (χ2n) is 8.02. The van der Waals surface area contributed by atoms with Crippen molar-refractivity contribution in [2.75, 3.05) is 6.79 Å². The summed E-state index contributed by atoms with van der Waals surface area (Å²) in [6.07, 6.45) is 18.1. The van der Waals surface area contributed by atoms with Gasteiger partial charge in [0, 0.05) is 0 Å². The van der Waals surface area contributed by atoms with E-state index < -0.39 is 18.4 Å². The predicted molar refractivity (Wildman–Crippen MR) is 194 cm³/mol. The van der Waals surface area contributed by atoms with Crippen molar-refractivity contribution >= 4 is 24.9 Å². The van der Waals surface area contributed by atoms with E-state index in [-0.39, 0.29) is 19.7 Å². The molecule has 0 aliphatic rings. The highest BCUT2D eigenvalue weighted by Gasteiger charge is 2.01. The van der Waals surface area contributed by atoms with Crippen LogP contribution in [0.1, 0.15) is 207 Å². The number of unbranched alkanes of at least 4 members (excludes halogenated alkanes) is 9. The smallest absolute Gasteiger partial charge is 0.314 e. The van der Waals surface area contributed by atoms with Crippen LogP contribution in [0.25, 0.3) is 0 Å². The third-order valence-electron chi connectivity index (χ3n) is 3.90. The molecule has 0 amide bonds. The van der Waals surface area contributed by atoms with Crippen molar-refractivity contribution in [2.45, 2.75) is 207 Å². The Balaban J connectivity index is -0.0000000374. The quantitative estimate of drug-likeness (QED) is 0.0780. The lowest BCUT2D eigenvalue weighted by Gasteiger charge is -1.90. The maximum absolute atomic E-state index is 9.43. The Bertz CT molecular complexity index is 336. The minimum Gasteiger partial charge on any atom is -0.481 e. The molecular weight excluding hydrogens is 560 g/mol. The molecule has 0 aromatic rings. The molecule has 8 nitrogen and oxygen atoms in total. The Morgan fingerprint density at radius 1 is 0.432 bits per heavy atom. The van der Waals surface area contributed by atoms with Crippen LogP contribution in [0.5, 0.6) is 0 Å². The molecule has 8 heteroatoms. The average Bonchev–Trinajstić information content (AvgIpc) is 3.03. The number of carboxylic acids is 2. The van der Waals surface area contributed by atoms with E-state index in [1.807, 2.05) is 41.5 Å². The molecule has 44 heavy (non-hydrogen) atoms. The molecule has 276 valence electrons. The van der Waals surface area contributed by atoms with Crippen molar-refractivity contribution in [3.8, 4) is 0 Å². The maximum Gasteiger partial charge on any atom is 0.314 e. The van der Waals surface area contributed by atoms with Gasteiger partial charge < -0.3 is 19.7 Å². The van der Waals surface area contributed by atoms with Crippen molar-refractivity contribution in [3.05, 3.63) is 0 Å². The molecule has 2 N–H and O–H groups in total. The number of carbonyl (C=O) groups excluding carboxylic acids is 2. The Hall–Kier alpha value is -2.12. The molecule has 0 saturated heterocycles. The molecule has 0 aromatic heterocycles. The normalized spacial score (nSPS) is 7.27. The number of hydrogen-bond donors (Lipinski definition) is 2. The second kappa shape index (κ2) is 114. The van der Waals surface area contributed by atoms with E-state index in [9.17, 15) is 19.2 Å². The van der Waals surface area contributed by atoms with Gasteiger partial charge in [-0.25, -0.2) is 0 Å². The van der Waals surface area contributed by atoms with Crippen molar-refractivity contribution < 1.29 is 38.9 Å². The first kappa shape index (κ1) is 68.9. The van der Waals surface area contributed by atoms with Gasteiger partial charge in [-0.3, -0.25) is 19.2 Å². The fourth-order valence-electron chi connectivity index (χ4n) is 1.64. The highest BCUT2D eigenvalue weighted by atomic mass is 16.7. The fraction of sp³-hybridized carbons (Fsp3) is 0.889. The van der Waals surface area contributed by atoms with E-state index in [4.69, 9.17) is 10.2 Å². The van der Waals surface area contributed by atoms with Crippen LogP contribution in [0.15, 0.2) is 0 Å². The maximum atomic E-state index is 9.43. The van der Waals surface area contributed by atoms with Crippen LogP contribution in [-0.4, -0.2) is 41.9 Å². The van der Waals surface area contributed by atoms with Crippen molar-refractivity contribution in [3.63, 3.8) is 0 Å². The van der Waals surface area contributed by atoms with Gasteiger partial charge in [0.25, 0.3) is 12.9 Å². The van der Waals surface area contributed by atoms with Crippen molar-refractivity contribution in [2.24, 2.45) is 0 Å². The highest BCUT2D eigenvalue weighted by Crippen LogP contribution is 1.89. The Labute approximate surface area is 277 Å². The van der Waals surface area contributed by atoms with Crippen molar-refractivity contribution in [1.82, 2.24) is 0 Å². The zero-order valence-corrected chi connectivity index (χ0v) is 32.8. The largest absolute Gasteiger partial charge is 0.481 e. The zero-order valence-electron chi connectivity index (χ0n) is 32.8. The van der Waals surface area contributed by atoms with Crippen LogP contribution in [0.3, 0.4) is 0 Å². The van der Waals surface area contributed by atoms with Gasteiger partial charge in [0.1, 0.15) is 6.42 Å². The van der Waals surface area contributed by atoms with E-state index >= 15 is 0 Å². The summed E-state index contributed by atoms with van der Waals surface area (Å²) in [6, 6.07) is 0. The second-order valence-corrected chi connectivity index (χ2v) is 8.02. The van der Waals surface area contributed by atoms with E-state index in [2.05, 4.69) is 78.7 Å². The van der Waals surface area contributed by atoms with Crippen molar-refractivity contribution in [1.29, 1.82) is 0 Å². The van der Waals surface area contributed by atoms with E-state index in [0.29, 0.717) is 0 Å². The third-order valence-corrected chi connectivity index (χ3v) is 3.90. The first-order chi connectivity index (χ1) is 21.1. The number of carbonyl (C=O) groups is 4. The van der Waals surface area contributed by atoms with E-state index in [1.54, 1.807) is 0 Å². The Kier molecular flexibility index (Phi) is 178. The Morgan fingerprint density at radius 3 is 0.659 bits per heavy atom. The van der Waals surface area contributed by atoms with Gasteiger partial charge in [-0.05, 0) is 0 Å². The third kappa shape index (κ3) is 272. The van der Waals surface area contributed by atoms with E-state index in [1.165, 1.54) is 89.9 Å². The molecule has 0 heterocycles. The lowest BCUT2D eigenvalue weighted by atomic mass is 10.3. The molecule has 0 bridgehead atoms. The van der Waals surface area contributed by atoms with Gasteiger partial charge in [-0.2, -0.15) is 0 Å². The molecule has 0 unspecified atom stereocenters. The molecule has 0 aromatic carbocycles. The summed E-state index contributed by atoms with van der Waals surface area (Å²) in [6.45, 7) is 34.2. The fourth-order valence-corrected chi connectivity index (χ4v) is 1.64. The van der Waals surface area contributed by atoms with Gasteiger partial charge in [0.15, 0.2) is 0 Å². The monoisotopic (exact) mass is 645 g/mol. The molecular formula is C36H84O8. The number of aliphatic carboxylic acids is 2. The summed E-state index contributed by atoms with van der Waals surface area (Å²) in [7, 11) is 0. The summed E-state index contributed by atoms with van der Waals surface area (Å²) >= 11 is 0. The van der Waals surface area contributed by atoms with Crippen LogP contribution in [0.2, 0.25) is 0 Å². The summed E-state index contributed by atoms with van der Waals surface area (Å²) in [4.78, 5) is 37.4. The lowest BCUT2D eigenvalue weighted by molar-refractivity contribution is -0.150. The molecule has 0 radical (unpaired) electrons. The Morgan fingerprint density at radius 2 is 0.614 bits per heavy atom. The average molecular weight is 645 g/mol. The molecule has 0 fully saturated rings. The minimum absolute atomic E-state index is 0.198. The minimum atomic E-state index is -1.31. The first-order valence-electron chi connectivity index (χ1n) is 17.7. The van der Waals surface area contributed by atoms with Crippen LogP contribution in [0.4, 0.5) is 0 Å². The summed E-state index contributed by atoms with van der Waals surface area (Å²) in [5.74, 6) is -2.62. The van der Waals surface area contributed by atoms with E-state index in [0.717, 1.165) is 0 Å². The standard InChI is InChI=1S/4C5H12.C4H10.2C3H4O4.3C2H6/c4*1-3-5-4-2;1-3-4-2;4-1-6-3-7-2-5;4-2(5)1-3(6)7;3*1-2/h4*3-5H2,1-2H3;3-4H2,1-2H3;1-2H,3H2;1H2,(H,4,5)(H,6,7);3*1-2H3. The number of hydrogen-bond acceptors (Lipinski definition) is 6. The molecule has 0 atom stereocenters. The predicted octanol–water partition coefficient (Wildman–Crippen LogP) is 12.5. The number of carboxylic acid groups (broad SMARTS) is 2. The van der Waals surface area contributed by atoms with Gasteiger partial charge in [-0.15, -0.1) is 0 Å². The van der Waals surface area contributed by atoms with Gasteiger partial charge in [0.2, 0.25) is 6.79 Å². The molecule has 0 spiro atoms. The lowest BCUT2D eigenvalue weighted by Crippen LogP contribution is -2.03. The number of ether oxygens (including phenoxy) is 2. The van der Waals surface area contributed by atoms with Gasteiger partial charge in [0.05, 0.1) is 0 Å². The zero-order chi connectivity index (χ0) is 37.3. The first-order valence-corrected chi connectivity index (χ1v) is 17.7. The summed E-state index contributed by atoms with van der Waals surface area (Å²) in [5.41, 5.74) is 0. The number of rotatable bonds is 15. The SMILES string of the molecule is CC.CC.CC.CCCC.CCCCC.CCCCC.CCCCC.CCCCC.O=C(O)CC(=O)O.O=COCOC=O. The summed E-state index contributed by atoms with van der Waals surface area (Å²) < 4.78 is 7.88. The molecule has 0 aliphatic heterocycles.